The smallest absolute Gasteiger partial charge is 0.429 e. The largest absolute Gasteiger partial charge is 0.478 e. The van der Waals surface area contributed by atoms with Crippen LogP contribution in [-0.2, 0) is 4.74 Å². The van der Waals surface area contributed by atoms with Crippen LogP contribution in [-0.4, -0.2) is 52.0 Å². The summed E-state index contributed by atoms with van der Waals surface area (Å²) in [6.45, 7) is 7.51. The summed E-state index contributed by atoms with van der Waals surface area (Å²) >= 11 is 0. The van der Waals surface area contributed by atoms with E-state index in [9.17, 15) is 22.8 Å². The first-order valence-electron chi connectivity index (χ1n) is 10.4. The van der Waals surface area contributed by atoms with Gasteiger partial charge >= 0.3 is 18.2 Å². The lowest BCUT2D eigenvalue weighted by Crippen LogP contribution is -2.51. The van der Waals surface area contributed by atoms with Crippen LogP contribution in [0.4, 0.5) is 23.8 Å². The van der Waals surface area contributed by atoms with Crippen LogP contribution in [0, 0.1) is 11.8 Å². The average molecular weight is 445 g/mol. The molecule has 10 heteroatoms. The number of amides is 1. The molecular formula is C21H30F3N3O4. The van der Waals surface area contributed by atoms with Gasteiger partial charge in [-0.1, -0.05) is 0 Å². The molecule has 2 rings (SSSR count). The van der Waals surface area contributed by atoms with Gasteiger partial charge in [-0.2, -0.15) is 13.2 Å². The summed E-state index contributed by atoms with van der Waals surface area (Å²) in [5.74, 6) is -2.18. The predicted molar refractivity (Wildman–Crippen MR) is 109 cm³/mol. The fourth-order valence-corrected chi connectivity index (χ4v) is 3.62. The van der Waals surface area contributed by atoms with Crippen LogP contribution in [0.3, 0.4) is 0 Å². The molecule has 0 saturated heterocycles. The van der Waals surface area contributed by atoms with Gasteiger partial charge in [0.2, 0.25) is 0 Å². The van der Waals surface area contributed by atoms with E-state index in [1.165, 1.54) is 23.3 Å². The van der Waals surface area contributed by atoms with Crippen molar-refractivity contribution in [2.24, 2.45) is 11.8 Å². The molecule has 0 aromatic carbocycles. The van der Waals surface area contributed by atoms with Crippen LogP contribution in [0.2, 0.25) is 0 Å². The number of aromatic carboxylic acids is 1. The predicted octanol–water partition coefficient (Wildman–Crippen LogP) is 5.13. The van der Waals surface area contributed by atoms with E-state index in [0.29, 0.717) is 25.2 Å². The highest BCUT2D eigenvalue weighted by Gasteiger charge is 2.42. The second-order valence-corrected chi connectivity index (χ2v) is 8.75. The number of carbonyl (C=O) groups is 2. The Hall–Kier alpha value is -2.52. The first-order valence-corrected chi connectivity index (χ1v) is 10.4. The van der Waals surface area contributed by atoms with Crippen molar-refractivity contribution in [3.05, 3.63) is 23.9 Å². The van der Waals surface area contributed by atoms with Crippen LogP contribution < -0.4 is 5.01 Å². The topological polar surface area (TPSA) is 83.0 Å². The Morgan fingerprint density at radius 3 is 2.19 bits per heavy atom. The van der Waals surface area contributed by atoms with Crippen molar-refractivity contribution < 1.29 is 32.6 Å². The van der Waals surface area contributed by atoms with E-state index < -0.39 is 29.8 Å². The van der Waals surface area contributed by atoms with Crippen molar-refractivity contribution in [3.8, 4) is 0 Å². The van der Waals surface area contributed by atoms with Gasteiger partial charge in [0, 0.05) is 19.3 Å². The third-order valence-electron chi connectivity index (χ3n) is 5.20. The van der Waals surface area contributed by atoms with Gasteiger partial charge in [-0.15, -0.1) is 0 Å². The standard InChI is InChI=1S/C21H30F3N3O4/c1-5-26(17-11-8-15(12-25-17)18(28)29)27(19(30)31-20(2,3)4)13-14-6-9-16(10-7-14)21(22,23)24/h8,11-12,14,16H,5-7,9-10,13H2,1-4H3,(H,28,29). The fraction of sp³-hybridized carbons (Fsp3) is 0.667. The number of aromatic nitrogens is 1. The maximum absolute atomic E-state index is 13.0. The number of ether oxygens (including phenoxy) is 1. The van der Waals surface area contributed by atoms with Crippen molar-refractivity contribution in [2.75, 3.05) is 18.1 Å². The third-order valence-corrected chi connectivity index (χ3v) is 5.20. The molecule has 0 bridgehead atoms. The molecule has 1 aliphatic carbocycles. The molecule has 0 radical (unpaired) electrons. The number of alkyl halides is 3. The van der Waals surface area contributed by atoms with Crippen molar-refractivity contribution in [1.82, 2.24) is 9.99 Å². The summed E-state index contributed by atoms with van der Waals surface area (Å²) in [5, 5.41) is 12.0. The van der Waals surface area contributed by atoms with Gasteiger partial charge in [-0.3, -0.25) is 5.01 Å². The van der Waals surface area contributed by atoms with Gasteiger partial charge in [-0.25, -0.2) is 19.6 Å². The first kappa shape index (κ1) is 24.7. The zero-order valence-corrected chi connectivity index (χ0v) is 18.3. The molecule has 7 nitrogen and oxygen atoms in total. The number of hydrazine groups is 1. The number of nitrogens with zero attached hydrogens (tertiary/aromatic N) is 3. The molecule has 31 heavy (non-hydrogen) atoms. The first-order chi connectivity index (χ1) is 14.3. The Balaban J connectivity index is 2.23. The number of carboxylic acid groups (broad SMARTS) is 1. The summed E-state index contributed by atoms with van der Waals surface area (Å²) in [6.07, 6.45) is -2.85. The van der Waals surface area contributed by atoms with Gasteiger partial charge in [0.25, 0.3) is 0 Å². The maximum Gasteiger partial charge on any atom is 0.429 e. The molecule has 1 fully saturated rings. The minimum Gasteiger partial charge on any atom is -0.478 e. The molecule has 0 spiro atoms. The van der Waals surface area contributed by atoms with Crippen molar-refractivity contribution in [2.45, 2.75) is 65.2 Å². The molecule has 1 aromatic rings. The molecule has 1 aliphatic rings. The monoisotopic (exact) mass is 445 g/mol. The highest BCUT2D eigenvalue weighted by atomic mass is 19.4. The summed E-state index contributed by atoms with van der Waals surface area (Å²) in [5.41, 5.74) is -0.752. The highest BCUT2D eigenvalue weighted by molar-refractivity contribution is 5.87. The molecular weight excluding hydrogens is 415 g/mol. The second-order valence-electron chi connectivity index (χ2n) is 8.75. The summed E-state index contributed by atoms with van der Waals surface area (Å²) < 4.78 is 44.5. The Bertz CT molecular complexity index is 755. The highest BCUT2D eigenvalue weighted by Crippen LogP contribution is 2.40. The van der Waals surface area contributed by atoms with Gasteiger partial charge < -0.3 is 9.84 Å². The number of pyridine rings is 1. The summed E-state index contributed by atoms with van der Waals surface area (Å²) in [7, 11) is 0. The lowest BCUT2D eigenvalue weighted by Gasteiger charge is -2.39. The number of anilines is 1. The number of carbonyl (C=O) groups excluding carboxylic acids is 1. The lowest BCUT2D eigenvalue weighted by atomic mass is 9.81. The van der Waals surface area contributed by atoms with Crippen molar-refractivity contribution in [3.63, 3.8) is 0 Å². The molecule has 1 amide bonds. The zero-order chi connectivity index (χ0) is 23.4. The number of rotatable bonds is 6. The molecule has 1 saturated carbocycles. The average Bonchev–Trinajstić information content (AvgIpc) is 2.66. The minimum atomic E-state index is -4.19. The Kier molecular flexibility index (Phi) is 7.77. The Morgan fingerprint density at radius 1 is 1.16 bits per heavy atom. The molecule has 1 aromatic heterocycles. The van der Waals surface area contributed by atoms with Crippen LogP contribution in [0.15, 0.2) is 18.3 Å². The molecule has 0 atom stereocenters. The molecule has 0 aliphatic heterocycles. The quantitative estimate of drug-likeness (QED) is 0.612. The van der Waals surface area contributed by atoms with Gasteiger partial charge in [0.1, 0.15) is 11.4 Å². The van der Waals surface area contributed by atoms with Crippen LogP contribution in [0.1, 0.15) is 63.7 Å². The normalized spacial score (nSPS) is 19.6. The number of hydrogen-bond acceptors (Lipinski definition) is 5. The zero-order valence-electron chi connectivity index (χ0n) is 18.3. The summed E-state index contributed by atoms with van der Waals surface area (Å²) in [6, 6.07) is 2.88. The van der Waals surface area contributed by atoms with Crippen molar-refractivity contribution >= 4 is 17.9 Å². The van der Waals surface area contributed by atoms with E-state index in [1.54, 1.807) is 32.7 Å². The summed E-state index contributed by atoms with van der Waals surface area (Å²) in [4.78, 5) is 28.2. The van der Waals surface area contributed by atoms with E-state index in [1.807, 2.05) is 0 Å². The van der Waals surface area contributed by atoms with E-state index in [-0.39, 0.29) is 30.9 Å². The molecule has 0 unspecified atom stereocenters. The third kappa shape index (κ3) is 7.00. The Labute approximate surface area is 180 Å². The van der Waals surface area contributed by atoms with Gasteiger partial charge in [0.05, 0.1) is 11.5 Å². The van der Waals surface area contributed by atoms with Crippen LogP contribution in [0.25, 0.3) is 0 Å². The van der Waals surface area contributed by atoms with Crippen molar-refractivity contribution in [1.29, 1.82) is 0 Å². The van der Waals surface area contributed by atoms with Crippen LogP contribution >= 0.6 is 0 Å². The molecule has 1 heterocycles. The Morgan fingerprint density at radius 2 is 1.77 bits per heavy atom. The minimum absolute atomic E-state index is 0.00842. The van der Waals surface area contributed by atoms with E-state index in [0.717, 1.165) is 0 Å². The number of halogens is 3. The number of carboxylic acids is 1. The van der Waals surface area contributed by atoms with Crippen LogP contribution in [0.5, 0.6) is 0 Å². The SMILES string of the molecule is CCN(c1ccc(C(=O)O)cn1)N(CC1CCC(C(F)(F)F)CC1)C(=O)OC(C)(C)C. The van der Waals surface area contributed by atoms with Gasteiger partial charge in [0.15, 0.2) is 0 Å². The second kappa shape index (κ2) is 9.74. The van der Waals surface area contributed by atoms with E-state index in [4.69, 9.17) is 9.84 Å². The van der Waals surface area contributed by atoms with E-state index in [2.05, 4.69) is 4.98 Å². The van der Waals surface area contributed by atoms with E-state index >= 15 is 0 Å². The number of hydrogen-bond donors (Lipinski definition) is 1. The fourth-order valence-electron chi connectivity index (χ4n) is 3.62. The maximum atomic E-state index is 13.0. The lowest BCUT2D eigenvalue weighted by molar-refractivity contribution is -0.184. The molecule has 1 N–H and O–H groups in total. The molecule has 174 valence electrons. The van der Waals surface area contributed by atoms with Gasteiger partial charge in [-0.05, 0) is 71.4 Å².